The summed E-state index contributed by atoms with van der Waals surface area (Å²) >= 11 is 0. The predicted octanol–water partition coefficient (Wildman–Crippen LogP) is 3.75. The second kappa shape index (κ2) is 3.74. The van der Waals surface area contributed by atoms with E-state index in [4.69, 9.17) is 5.73 Å². The Kier molecular flexibility index (Phi) is 2.60. The first-order chi connectivity index (χ1) is 8.39. The van der Waals surface area contributed by atoms with E-state index in [1.807, 2.05) is 0 Å². The zero-order valence-electron chi connectivity index (χ0n) is 12.3. The number of rotatable bonds is 3. The molecule has 0 radical (unpaired) electrons. The number of hydrogen-bond donors (Lipinski definition) is 1. The normalized spacial score (nSPS) is 50.8. The van der Waals surface area contributed by atoms with Gasteiger partial charge in [-0.15, -0.1) is 0 Å². The summed E-state index contributed by atoms with van der Waals surface area (Å²) in [5.74, 6) is 1.90. The average molecular weight is 248 g/mol. The fraction of sp³-hybridized carbons (Fsp3) is 0.938. The summed E-state index contributed by atoms with van der Waals surface area (Å²) in [5, 5.41) is 0. The number of aliphatic imine (C=N–C) groups is 1. The summed E-state index contributed by atoms with van der Waals surface area (Å²) in [4.78, 5) is 4.69. The van der Waals surface area contributed by atoms with Crippen molar-refractivity contribution in [3.05, 3.63) is 0 Å². The van der Waals surface area contributed by atoms with E-state index in [0.717, 1.165) is 24.7 Å². The van der Waals surface area contributed by atoms with Gasteiger partial charge < -0.3 is 5.73 Å². The summed E-state index contributed by atoms with van der Waals surface area (Å²) < 4.78 is 0. The molecule has 0 aromatic carbocycles. The van der Waals surface area contributed by atoms with Gasteiger partial charge in [-0.3, -0.25) is 4.99 Å². The van der Waals surface area contributed by atoms with Crippen molar-refractivity contribution in [1.29, 1.82) is 0 Å². The highest BCUT2D eigenvalue weighted by molar-refractivity contribution is 5.87. The van der Waals surface area contributed by atoms with Gasteiger partial charge in [0.2, 0.25) is 0 Å². The predicted molar refractivity (Wildman–Crippen MR) is 76.6 cm³/mol. The maximum Gasteiger partial charge on any atom is 0.1000 e. The van der Waals surface area contributed by atoms with Gasteiger partial charge in [0, 0.05) is 12.0 Å². The van der Waals surface area contributed by atoms with E-state index in [1.54, 1.807) is 0 Å². The Morgan fingerprint density at radius 1 is 1.11 bits per heavy atom. The maximum atomic E-state index is 6.43. The lowest BCUT2D eigenvalue weighted by Crippen LogP contribution is -2.59. The lowest BCUT2D eigenvalue weighted by atomic mass is 9.40. The van der Waals surface area contributed by atoms with Gasteiger partial charge in [-0.25, -0.2) is 0 Å². The van der Waals surface area contributed by atoms with E-state index in [2.05, 4.69) is 25.8 Å². The van der Waals surface area contributed by atoms with Crippen LogP contribution in [0.15, 0.2) is 4.99 Å². The van der Waals surface area contributed by atoms with Crippen molar-refractivity contribution >= 4 is 5.84 Å². The minimum atomic E-state index is 0.262. The molecule has 0 heterocycles. The van der Waals surface area contributed by atoms with Crippen LogP contribution in [0.5, 0.6) is 0 Å². The summed E-state index contributed by atoms with van der Waals surface area (Å²) in [6.45, 7) is 8.08. The van der Waals surface area contributed by atoms with E-state index in [-0.39, 0.29) is 5.41 Å². The van der Waals surface area contributed by atoms with Crippen molar-refractivity contribution in [1.82, 2.24) is 0 Å². The molecule has 102 valence electrons. The molecule has 2 unspecified atom stereocenters. The third-order valence-corrected chi connectivity index (χ3v) is 5.68. The third-order valence-electron chi connectivity index (χ3n) is 5.68. The number of amidine groups is 1. The van der Waals surface area contributed by atoms with Gasteiger partial charge in [0.05, 0.1) is 5.84 Å². The van der Waals surface area contributed by atoms with Gasteiger partial charge >= 0.3 is 0 Å². The molecule has 0 amide bonds. The maximum absolute atomic E-state index is 6.43. The Hall–Kier alpha value is -0.530. The summed E-state index contributed by atoms with van der Waals surface area (Å²) in [6, 6.07) is 0. The highest BCUT2D eigenvalue weighted by Gasteiger charge is 2.61. The second-order valence-corrected chi connectivity index (χ2v) is 8.18. The topological polar surface area (TPSA) is 38.4 Å². The highest BCUT2D eigenvalue weighted by atomic mass is 14.9. The monoisotopic (exact) mass is 248 g/mol. The molecular weight excluding hydrogens is 220 g/mol. The first-order valence-corrected chi connectivity index (χ1v) is 7.69. The summed E-state index contributed by atoms with van der Waals surface area (Å²) in [6.07, 6.45) is 9.30. The van der Waals surface area contributed by atoms with Crippen LogP contribution in [0, 0.1) is 22.2 Å². The molecule has 4 aliphatic rings. The number of nitrogens with two attached hydrogens (primary N) is 1. The van der Waals surface area contributed by atoms with Gasteiger partial charge in [-0.1, -0.05) is 20.8 Å². The molecule has 4 fully saturated rings. The molecule has 0 spiro atoms. The summed E-state index contributed by atoms with van der Waals surface area (Å²) in [5.41, 5.74) is 7.77. The molecule has 4 bridgehead atoms. The van der Waals surface area contributed by atoms with Crippen LogP contribution in [0.4, 0.5) is 0 Å². The van der Waals surface area contributed by atoms with Gasteiger partial charge in [0.15, 0.2) is 0 Å². The largest absolute Gasteiger partial charge is 0.387 e. The molecule has 4 rings (SSSR count). The zero-order valence-corrected chi connectivity index (χ0v) is 12.3. The summed E-state index contributed by atoms with van der Waals surface area (Å²) in [7, 11) is 0. The van der Waals surface area contributed by atoms with Gasteiger partial charge in [0.25, 0.3) is 0 Å². The average Bonchev–Trinajstić information content (AvgIpc) is 2.20. The Morgan fingerprint density at radius 3 is 2.22 bits per heavy atom. The zero-order chi connectivity index (χ0) is 13.0. The van der Waals surface area contributed by atoms with Crippen LogP contribution in [0.3, 0.4) is 0 Å². The van der Waals surface area contributed by atoms with E-state index in [0.29, 0.717) is 10.8 Å². The van der Waals surface area contributed by atoms with Crippen LogP contribution >= 0.6 is 0 Å². The van der Waals surface area contributed by atoms with Crippen molar-refractivity contribution < 1.29 is 0 Å². The fourth-order valence-electron chi connectivity index (χ4n) is 6.13. The van der Waals surface area contributed by atoms with Crippen LogP contribution in [0.2, 0.25) is 0 Å². The minimum absolute atomic E-state index is 0.262. The Balaban J connectivity index is 1.93. The van der Waals surface area contributed by atoms with Crippen molar-refractivity contribution in [3.8, 4) is 0 Å². The van der Waals surface area contributed by atoms with Crippen LogP contribution in [0.1, 0.15) is 65.7 Å². The quantitative estimate of drug-likeness (QED) is 0.599. The number of nitrogens with zero attached hydrogens (tertiary/aromatic N) is 1. The lowest BCUT2D eigenvalue weighted by Gasteiger charge is -2.65. The molecule has 0 aliphatic heterocycles. The van der Waals surface area contributed by atoms with Crippen LogP contribution < -0.4 is 5.73 Å². The molecule has 0 saturated heterocycles. The standard InChI is InChI=1S/C16H28N2/c1-4-5-18-13(17)16-8-12-6-14(2,10-16)9-15(3,7-12)11-16/h12H,4-11H2,1-3H3,(H2,17,18). The van der Waals surface area contributed by atoms with Gasteiger partial charge in [-0.05, 0) is 61.7 Å². The number of hydrogen-bond acceptors (Lipinski definition) is 1. The molecule has 0 aromatic rings. The van der Waals surface area contributed by atoms with Crippen molar-refractivity contribution in [2.24, 2.45) is 32.9 Å². The molecular formula is C16H28N2. The van der Waals surface area contributed by atoms with Crippen molar-refractivity contribution in [2.45, 2.75) is 65.7 Å². The molecule has 18 heavy (non-hydrogen) atoms. The van der Waals surface area contributed by atoms with E-state index < -0.39 is 0 Å². The van der Waals surface area contributed by atoms with Crippen LogP contribution in [0.25, 0.3) is 0 Å². The molecule has 2 N–H and O–H groups in total. The smallest absolute Gasteiger partial charge is 0.1000 e. The van der Waals surface area contributed by atoms with E-state index >= 15 is 0 Å². The van der Waals surface area contributed by atoms with Gasteiger partial charge in [-0.2, -0.15) is 0 Å². The van der Waals surface area contributed by atoms with E-state index in [9.17, 15) is 0 Å². The Morgan fingerprint density at radius 2 is 1.72 bits per heavy atom. The van der Waals surface area contributed by atoms with Crippen LogP contribution in [-0.4, -0.2) is 12.4 Å². The minimum Gasteiger partial charge on any atom is -0.387 e. The molecule has 2 heteroatoms. The highest BCUT2D eigenvalue weighted by Crippen LogP contribution is 2.69. The van der Waals surface area contributed by atoms with Crippen LogP contribution in [-0.2, 0) is 0 Å². The molecule has 2 nitrogen and oxygen atoms in total. The Bertz CT molecular complexity index is 367. The molecule has 2 atom stereocenters. The SMILES string of the molecule is CCCN=C(N)C12CC3CC(C)(CC(C)(C3)C1)C2. The Labute approximate surface area is 111 Å². The molecule has 4 saturated carbocycles. The molecule has 4 aliphatic carbocycles. The van der Waals surface area contributed by atoms with Crippen molar-refractivity contribution in [2.75, 3.05) is 6.54 Å². The molecule has 0 aromatic heterocycles. The first kappa shape index (κ1) is 12.5. The second-order valence-electron chi connectivity index (χ2n) is 8.18. The first-order valence-electron chi connectivity index (χ1n) is 7.69. The third kappa shape index (κ3) is 1.80. The lowest BCUT2D eigenvalue weighted by molar-refractivity contribution is -0.116. The fourth-order valence-corrected chi connectivity index (χ4v) is 6.13. The van der Waals surface area contributed by atoms with Crippen molar-refractivity contribution in [3.63, 3.8) is 0 Å². The van der Waals surface area contributed by atoms with Gasteiger partial charge in [0.1, 0.15) is 0 Å². The van der Waals surface area contributed by atoms with E-state index in [1.165, 1.54) is 38.5 Å².